The van der Waals surface area contributed by atoms with Crippen molar-refractivity contribution in [1.82, 2.24) is 15.1 Å². The lowest BCUT2D eigenvalue weighted by Gasteiger charge is -2.34. The molecule has 2 heterocycles. The molecule has 1 saturated heterocycles. The highest BCUT2D eigenvalue weighted by atomic mass is 16.5. The summed E-state index contributed by atoms with van der Waals surface area (Å²) in [7, 11) is 0. The number of nitrogens with zero attached hydrogens (tertiary/aromatic N) is 3. The minimum absolute atomic E-state index is 0.136. The van der Waals surface area contributed by atoms with Crippen LogP contribution in [-0.4, -0.2) is 40.2 Å². The van der Waals surface area contributed by atoms with Gasteiger partial charge in [0.25, 0.3) is 0 Å². The van der Waals surface area contributed by atoms with Gasteiger partial charge in [-0.2, -0.15) is 5.10 Å². The Balaban J connectivity index is 1.48. The van der Waals surface area contributed by atoms with Crippen LogP contribution in [0.5, 0.6) is 5.88 Å². The maximum absolute atomic E-state index is 12.4. The van der Waals surface area contributed by atoms with Crippen molar-refractivity contribution in [2.45, 2.75) is 38.2 Å². The molecule has 5 nitrogen and oxygen atoms in total. The molecule has 1 aliphatic heterocycles. The second-order valence-electron chi connectivity index (χ2n) is 5.69. The van der Waals surface area contributed by atoms with Gasteiger partial charge in [-0.25, -0.2) is 0 Å². The minimum atomic E-state index is 0.136. The molecule has 1 atom stereocenters. The van der Waals surface area contributed by atoms with E-state index in [0.717, 1.165) is 45.2 Å². The van der Waals surface area contributed by atoms with E-state index in [1.807, 2.05) is 17.0 Å². The molecule has 0 radical (unpaired) electrons. The normalized spacial score (nSPS) is 23.0. The van der Waals surface area contributed by atoms with Gasteiger partial charge < -0.3 is 9.64 Å². The summed E-state index contributed by atoms with van der Waals surface area (Å²) in [5.41, 5.74) is 0. The van der Waals surface area contributed by atoms with Crippen LogP contribution in [0.15, 0.2) is 30.5 Å². The lowest BCUT2D eigenvalue weighted by Crippen LogP contribution is -2.44. The summed E-state index contributed by atoms with van der Waals surface area (Å²) in [6.07, 6.45) is 10.7. The summed E-state index contributed by atoms with van der Waals surface area (Å²) < 4.78 is 5.81. The number of piperidine rings is 1. The standard InChI is InChI=1S/C16H21N3O2/c20-16(13-5-2-1-3-6-13)19-11-8-14(9-12-19)21-15-7-4-10-17-18-15/h1-2,4,7,10,13-14H,3,5-6,8-9,11-12H2. The summed E-state index contributed by atoms with van der Waals surface area (Å²) in [6.45, 7) is 1.56. The van der Waals surface area contributed by atoms with E-state index in [1.165, 1.54) is 0 Å². The Morgan fingerprint density at radius 2 is 2.10 bits per heavy atom. The Bertz CT molecular complexity index is 496. The Morgan fingerprint density at radius 1 is 1.24 bits per heavy atom. The topological polar surface area (TPSA) is 55.3 Å². The van der Waals surface area contributed by atoms with Gasteiger partial charge in [-0.05, 0) is 25.3 Å². The van der Waals surface area contributed by atoms with Crippen LogP contribution in [0.1, 0.15) is 32.1 Å². The van der Waals surface area contributed by atoms with Crippen LogP contribution in [0.2, 0.25) is 0 Å². The summed E-state index contributed by atoms with van der Waals surface area (Å²) >= 11 is 0. The van der Waals surface area contributed by atoms with Crippen molar-refractivity contribution in [3.05, 3.63) is 30.5 Å². The Labute approximate surface area is 125 Å². The minimum Gasteiger partial charge on any atom is -0.473 e. The van der Waals surface area contributed by atoms with Crippen LogP contribution in [-0.2, 0) is 4.79 Å². The van der Waals surface area contributed by atoms with E-state index < -0.39 is 0 Å². The molecule has 5 heteroatoms. The van der Waals surface area contributed by atoms with Crippen LogP contribution in [0.25, 0.3) is 0 Å². The monoisotopic (exact) mass is 287 g/mol. The van der Waals surface area contributed by atoms with E-state index >= 15 is 0 Å². The van der Waals surface area contributed by atoms with Gasteiger partial charge in [-0.3, -0.25) is 4.79 Å². The van der Waals surface area contributed by atoms with Crippen molar-refractivity contribution < 1.29 is 9.53 Å². The Morgan fingerprint density at radius 3 is 2.76 bits per heavy atom. The summed E-state index contributed by atoms with van der Waals surface area (Å²) in [5, 5.41) is 7.75. The molecule has 0 bridgehead atoms. The van der Waals surface area contributed by atoms with E-state index in [9.17, 15) is 4.79 Å². The molecule has 21 heavy (non-hydrogen) atoms. The van der Waals surface area contributed by atoms with Crippen LogP contribution in [0.3, 0.4) is 0 Å². The van der Waals surface area contributed by atoms with Crippen LogP contribution in [0.4, 0.5) is 0 Å². The molecule has 112 valence electrons. The van der Waals surface area contributed by atoms with E-state index in [1.54, 1.807) is 6.20 Å². The first-order chi connectivity index (χ1) is 10.3. The quantitative estimate of drug-likeness (QED) is 0.800. The number of ether oxygens (including phenoxy) is 1. The smallest absolute Gasteiger partial charge is 0.233 e. The molecule has 0 spiro atoms. The number of allylic oxidation sites excluding steroid dienone is 2. The van der Waals surface area contributed by atoms with Crippen LogP contribution < -0.4 is 4.74 Å². The first-order valence-electron chi connectivity index (χ1n) is 7.71. The number of likely N-dealkylation sites (tertiary alicyclic amines) is 1. The highest BCUT2D eigenvalue weighted by Gasteiger charge is 2.28. The van der Waals surface area contributed by atoms with Gasteiger partial charge in [0.1, 0.15) is 6.10 Å². The second-order valence-corrected chi connectivity index (χ2v) is 5.69. The Kier molecular flexibility index (Phi) is 4.48. The van der Waals surface area contributed by atoms with E-state index in [4.69, 9.17) is 4.74 Å². The largest absolute Gasteiger partial charge is 0.473 e. The van der Waals surface area contributed by atoms with Crippen molar-refractivity contribution in [3.8, 4) is 5.88 Å². The van der Waals surface area contributed by atoms with Gasteiger partial charge >= 0.3 is 0 Å². The fraction of sp³-hybridized carbons (Fsp3) is 0.562. The predicted molar refractivity (Wildman–Crippen MR) is 78.7 cm³/mol. The van der Waals surface area contributed by atoms with E-state index in [-0.39, 0.29) is 12.0 Å². The summed E-state index contributed by atoms with van der Waals surface area (Å²) in [5.74, 6) is 1.07. The summed E-state index contributed by atoms with van der Waals surface area (Å²) in [6, 6.07) is 3.64. The number of rotatable bonds is 3. The van der Waals surface area contributed by atoms with Crippen molar-refractivity contribution >= 4 is 5.91 Å². The molecule has 1 aliphatic carbocycles. The van der Waals surface area contributed by atoms with E-state index in [0.29, 0.717) is 11.8 Å². The molecule has 1 aromatic heterocycles. The highest BCUT2D eigenvalue weighted by Crippen LogP contribution is 2.23. The lowest BCUT2D eigenvalue weighted by atomic mass is 9.92. The maximum atomic E-state index is 12.4. The third-order valence-corrected chi connectivity index (χ3v) is 4.21. The number of carbonyl (C=O) groups excluding carboxylic acids is 1. The molecule has 1 amide bonds. The van der Waals surface area contributed by atoms with Crippen LogP contribution >= 0.6 is 0 Å². The van der Waals surface area contributed by atoms with Gasteiger partial charge in [0.05, 0.1) is 0 Å². The lowest BCUT2D eigenvalue weighted by molar-refractivity contribution is -0.137. The number of carbonyl (C=O) groups is 1. The number of hydrogen-bond donors (Lipinski definition) is 0. The maximum Gasteiger partial charge on any atom is 0.233 e. The van der Waals surface area contributed by atoms with Crippen LogP contribution in [0, 0.1) is 5.92 Å². The van der Waals surface area contributed by atoms with Gasteiger partial charge in [0.2, 0.25) is 11.8 Å². The summed E-state index contributed by atoms with van der Waals surface area (Å²) in [4.78, 5) is 14.4. The molecule has 1 aromatic rings. The SMILES string of the molecule is O=C(C1CC=CCC1)N1CCC(Oc2cccnn2)CC1. The third-order valence-electron chi connectivity index (χ3n) is 4.21. The molecule has 2 aliphatic rings. The van der Waals surface area contributed by atoms with Gasteiger partial charge in [0, 0.05) is 44.1 Å². The zero-order chi connectivity index (χ0) is 14.5. The fourth-order valence-electron chi connectivity index (χ4n) is 2.99. The molecular weight excluding hydrogens is 266 g/mol. The fourth-order valence-corrected chi connectivity index (χ4v) is 2.99. The van der Waals surface area contributed by atoms with E-state index in [2.05, 4.69) is 22.3 Å². The predicted octanol–water partition coefficient (Wildman–Crippen LogP) is 2.20. The van der Waals surface area contributed by atoms with Crippen molar-refractivity contribution in [2.75, 3.05) is 13.1 Å². The molecule has 0 saturated carbocycles. The first-order valence-corrected chi connectivity index (χ1v) is 7.71. The highest BCUT2D eigenvalue weighted by molar-refractivity contribution is 5.79. The zero-order valence-corrected chi connectivity index (χ0v) is 12.1. The molecule has 0 aromatic carbocycles. The molecule has 1 unspecified atom stereocenters. The average Bonchev–Trinajstić information content (AvgIpc) is 2.57. The second kappa shape index (κ2) is 6.70. The number of hydrogen-bond acceptors (Lipinski definition) is 4. The molecule has 1 fully saturated rings. The van der Waals surface area contributed by atoms with Crippen molar-refractivity contribution in [3.63, 3.8) is 0 Å². The Hall–Kier alpha value is -1.91. The zero-order valence-electron chi connectivity index (χ0n) is 12.1. The first kappa shape index (κ1) is 14.0. The van der Waals surface area contributed by atoms with Gasteiger partial charge in [-0.1, -0.05) is 12.2 Å². The molecular formula is C16H21N3O2. The molecule has 3 rings (SSSR count). The van der Waals surface area contributed by atoms with Crippen molar-refractivity contribution in [1.29, 1.82) is 0 Å². The average molecular weight is 287 g/mol. The van der Waals surface area contributed by atoms with Gasteiger partial charge in [0.15, 0.2) is 0 Å². The molecule has 0 N–H and O–H groups in total. The number of aromatic nitrogens is 2. The number of amides is 1. The van der Waals surface area contributed by atoms with Crippen molar-refractivity contribution in [2.24, 2.45) is 5.92 Å². The third kappa shape index (κ3) is 3.60. The van der Waals surface area contributed by atoms with Gasteiger partial charge in [-0.15, -0.1) is 5.10 Å².